The summed E-state index contributed by atoms with van der Waals surface area (Å²) in [5.74, 6) is -0.684. The van der Waals surface area contributed by atoms with Gasteiger partial charge in [-0.1, -0.05) is 13.8 Å². The van der Waals surface area contributed by atoms with Crippen molar-refractivity contribution >= 4 is 23.2 Å². The average molecular weight is 269 g/mol. The third-order valence-corrected chi connectivity index (χ3v) is 3.92. The standard InChI is InChI=1S/C13H19NO3S/c1-3-10-5-6-11(18-10)13(17)14-8-9(2)4-7-12(15)16/h5-6,9H,3-4,7-8H2,1-2H3,(H,14,17)(H,15,16). The number of rotatable bonds is 7. The first-order valence-corrected chi connectivity index (χ1v) is 6.93. The molecule has 0 radical (unpaired) electrons. The van der Waals surface area contributed by atoms with E-state index in [1.165, 1.54) is 16.2 Å². The van der Waals surface area contributed by atoms with Gasteiger partial charge in [-0.2, -0.15) is 0 Å². The molecule has 1 atom stereocenters. The van der Waals surface area contributed by atoms with Crippen LogP contribution < -0.4 is 5.32 Å². The molecular formula is C13H19NO3S. The van der Waals surface area contributed by atoms with Gasteiger partial charge < -0.3 is 10.4 Å². The highest BCUT2D eigenvalue weighted by Gasteiger charge is 2.11. The number of nitrogens with one attached hydrogen (secondary N) is 1. The minimum atomic E-state index is -0.793. The molecule has 0 saturated carbocycles. The summed E-state index contributed by atoms with van der Waals surface area (Å²) in [7, 11) is 0. The Morgan fingerprint density at radius 3 is 2.72 bits per heavy atom. The predicted octanol–water partition coefficient (Wildman–Crippen LogP) is 2.54. The van der Waals surface area contributed by atoms with Gasteiger partial charge in [0.2, 0.25) is 0 Å². The highest BCUT2D eigenvalue weighted by Crippen LogP contribution is 2.16. The van der Waals surface area contributed by atoms with Crippen molar-refractivity contribution in [2.45, 2.75) is 33.1 Å². The number of carbonyl (C=O) groups is 2. The molecule has 18 heavy (non-hydrogen) atoms. The SMILES string of the molecule is CCc1ccc(C(=O)NCC(C)CCC(=O)O)s1. The molecule has 5 heteroatoms. The fraction of sp³-hybridized carbons (Fsp3) is 0.538. The van der Waals surface area contributed by atoms with Crippen molar-refractivity contribution in [3.63, 3.8) is 0 Å². The van der Waals surface area contributed by atoms with Crippen molar-refractivity contribution < 1.29 is 14.7 Å². The minimum absolute atomic E-state index is 0.0677. The van der Waals surface area contributed by atoms with Crippen LogP contribution in [0.5, 0.6) is 0 Å². The summed E-state index contributed by atoms with van der Waals surface area (Å²) in [5, 5.41) is 11.4. The predicted molar refractivity (Wildman–Crippen MR) is 72.1 cm³/mol. The normalized spacial score (nSPS) is 12.1. The first-order valence-electron chi connectivity index (χ1n) is 6.11. The van der Waals surface area contributed by atoms with Crippen LogP contribution in [0, 0.1) is 5.92 Å². The number of thiophene rings is 1. The van der Waals surface area contributed by atoms with E-state index >= 15 is 0 Å². The van der Waals surface area contributed by atoms with Gasteiger partial charge >= 0.3 is 5.97 Å². The van der Waals surface area contributed by atoms with Gasteiger partial charge in [0.25, 0.3) is 5.91 Å². The third kappa shape index (κ3) is 4.87. The highest BCUT2D eigenvalue weighted by atomic mass is 32.1. The molecule has 1 amide bonds. The largest absolute Gasteiger partial charge is 0.481 e. The smallest absolute Gasteiger partial charge is 0.303 e. The van der Waals surface area contributed by atoms with Crippen LogP contribution in [0.1, 0.15) is 41.2 Å². The zero-order valence-electron chi connectivity index (χ0n) is 10.7. The van der Waals surface area contributed by atoms with Crippen molar-refractivity contribution in [1.82, 2.24) is 5.32 Å². The van der Waals surface area contributed by atoms with Crippen LogP contribution in [0.2, 0.25) is 0 Å². The van der Waals surface area contributed by atoms with Gasteiger partial charge in [-0.25, -0.2) is 0 Å². The zero-order valence-corrected chi connectivity index (χ0v) is 11.5. The van der Waals surface area contributed by atoms with Crippen molar-refractivity contribution in [3.05, 3.63) is 21.9 Å². The molecule has 0 spiro atoms. The van der Waals surface area contributed by atoms with Crippen LogP contribution in [0.25, 0.3) is 0 Å². The summed E-state index contributed by atoms with van der Waals surface area (Å²) in [6, 6.07) is 3.80. The van der Waals surface area contributed by atoms with Crippen LogP contribution in [0.4, 0.5) is 0 Å². The zero-order chi connectivity index (χ0) is 13.5. The van der Waals surface area contributed by atoms with Gasteiger partial charge in [-0.3, -0.25) is 9.59 Å². The monoisotopic (exact) mass is 269 g/mol. The number of hydrogen-bond acceptors (Lipinski definition) is 3. The second-order valence-corrected chi connectivity index (χ2v) is 5.54. The van der Waals surface area contributed by atoms with Crippen LogP contribution >= 0.6 is 11.3 Å². The van der Waals surface area contributed by atoms with Crippen LogP contribution in [0.3, 0.4) is 0 Å². The maximum atomic E-state index is 11.8. The number of amides is 1. The van der Waals surface area contributed by atoms with Crippen molar-refractivity contribution in [1.29, 1.82) is 0 Å². The lowest BCUT2D eigenvalue weighted by Crippen LogP contribution is -2.27. The molecule has 4 nitrogen and oxygen atoms in total. The van der Waals surface area contributed by atoms with E-state index in [4.69, 9.17) is 5.11 Å². The molecule has 0 saturated heterocycles. The van der Waals surface area contributed by atoms with E-state index in [0.717, 1.165) is 11.3 Å². The van der Waals surface area contributed by atoms with Crippen molar-refractivity contribution in [3.8, 4) is 0 Å². The maximum absolute atomic E-state index is 11.8. The van der Waals surface area contributed by atoms with Gasteiger partial charge in [0.15, 0.2) is 0 Å². The lowest BCUT2D eigenvalue weighted by molar-refractivity contribution is -0.137. The molecule has 1 heterocycles. The molecular weight excluding hydrogens is 250 g/mol. The van der Waals surface area contributed by atoms with Crippen LogP contribution in [-0.2, 0) is 11.2 Å². The Hall–Kier alpha value is -1.36. The number of hydrogen-bond donors (Lipinski definition) is 2. The van der Waals surface area contributed by atoms with E-state index < -0.39 is 5.97 Å². The maximum Gasteiger partial charge on any atom is 0.303 e. The Morgan fingerprint density at radius 2 is 2.17 bits per heavy atom. The Balaban J connectivity index is 2.34. The second-order valence-electron chi connectivity index (χ2n) is 4.37. The summed E-state index contributed by atoms with van der Waals surface area (Å²) in [4.78, 5) is 24.1. The number of carboxylic acids is 1. The minimum Gasteiger partial charge on any atom is -0.481 e. The number of aryl methyl sites for hydroxylation is 1. The second kappa shape index (κ2) is 7.16. The summed E-state index contributed by atoms with van der Waals surface area (Å²) in [6.07, 6.45) is 1.67. The topological polar surface area (TPSA) is 66.4 Å². The van der Waals surface area contributed by atoms with Gasteiger partial charge in [-0.05, 0) is 30.9 Å². The summed E-state index contributed by atoms with van der Waals surface area (Å²) >= 11 is 1.50. The van der Waals surface area contributed by atoms with E-state index in [2.05, 4.69) is 12.2 Å². The lowest BCUT2D eigenvalue weighted by atomic mass is 10.1. The van der Waals surface area contributed by atoms with E-state index in [-0.39, 0.29) is 18.2 Å². The van der Waals surface area contributed by atoms with Crippen molar-refractivity contribution in [2.24, 2.45) is 5.92 Å². The molecule has 100 valence electrons. The Kier molecular flexibility index (Phi) is 5.85. The molecule has 1 rings (SSSR count). The molecule has 0 aliphatic heterocycles. The highest BCUT2D eigenvalue weighted by molar-refractivity contribution is 7.14. The van der Waals surface area contributed by atoms with Gasteiger partial charge in [0.1, 0.15) is 0 Å². The van der Waals surface area contributed by atoms with E-state index in [1.807, 2.05) is 19.1 Å². The molecule has 0 fully saturated rings. The molecule has 2 N–H and O–H groups in total. The fourth-order valence-corrected chi connectivity index (χ4v) is 2.38. The van der Waals surface area contributed by atoms with E-state index in [0.29, 0.717) is 13.0 Å². The molecule has 1 aromatic rings. The summed E-state index contributed by atoms with van der Waals surface area (Å²) in [5.41, 5.74) is 0. The van der Waals surface area contributed by atoms with E-state index in [9.17, 15) is 9.59 Å². The summed E-state index contributed by atoms with van der Waals surface area (Å²) in [6.45, 7) is 4.52. The number of carbonyl (C=O) groups excluding carboxylic acids is 1. The average Bonchev–Trinajstić information content (AvgIpc) is 2.82. The molecule has 0 aliphatic rings. The first kappa shape index (κ1) is 14.7. The Labute approximate surface area is 111 Å². The quantitative estimate of drug-likeness (QED) is 0.799. The third-order valence-electron chi connectivity index (χ3n) is 2.70. The van der Waals surface area contributed by atoms with Gasteiger partial charge in [0, 0.05) is 17.8 Å². The number of aliphatic carboxylic acids is 1. The van der Waals surface area contributed by atoms with E-state index in [1.54, 1.807) is 0 Å². The molecule has 1 aromatic heterocycles. The fourth-order valence-electron chi connectivity index (χ4n) is 1.52. The van der Waals surface area contributed by atoms with Crippen LogP contribution in [0.15, 0.2) is 12.1 Å². The first-order chi connectivity index (χ1) is 8.52. The molecule has 1 unspecified atom stereocenters. The van der Waals surface area contributed by atoms with Gasteiger partial charge in [-0.15, -0.1) is 11.3 Å². The lowest BCUT2D eigenvalue weighted by Gasteiger charge is -2.10. The number of carboxylic acid groups (broad SMARTS) is 1. The molecule has 0 aromatic carbocycles. The summed E-state index contributed by atoms with van der Waals surface area (Å²) < 4.78 is 0. The molecule has 0 bridgehead atoms. The Bertz CT molecular complexity index is 414. The van der Waals surface area contributed by atoms with Gasteiger partial charge in [0.05, 0.1) is 4.88 Å². The van der Waals surface area contributed by atoms with Crippen molar-refractivity contribution in [2.75, 3.05) is 6.54 Å². The van der Waals surface area contributed by atoms with Crippen LogP contribution in [-0.4, -0.2) is 23.5 Å². The Morgan fingerprint density at radius 1 is 1.44 bits per heavy atom. The molecule has 0 aliphatic carbocycles.